The molecule has 3 rings (SSSR count). The predicted octanol–water partition coefficient (Wildman–Crippen LogP) is 3.91. The second kappa shape index (κ2) is 6.06. The number of nitrogens with zero attached hydrogens (tertiary/aromatic N) is 1. The lowest BCUT2D eigenvalue weighted by Gasteiger charge is -2.34. The van der Waals surface area contributed by atoms with Crippen LogP contribution in [-0.2, 0) is 6.42 Å². The number of aromatic nitrogens is 1. The third-order valence-corrected chi connectivity index (χ3v) is 5.40. The standard InChI is InChI=1S/C17H22N2S/c1-12-11-20-17(19-12)10-15-9-14(7-8-16(15)18)13-5-3-2-4-6-13/h2-6,11,14-16H,7-10,18H2,1H3. The molecule has 1 aromatic heterocycles. The molecule has 106 valence electrons. The van der Waals surface area contributed by atoms with Crippen molar-refractivity contribution in [1.82, 2.24) is 4.98 Å². The number of aryl methyl sites for hydroxylation is 1. The quantitative estimate of drug-likeness (QED) is 0.929. The number of thiazole rings is 1. The molecule has 0 spiro atoms. The second-order valence-corrected chi connectivity index (χ2v) is 6.87. The summed E-state index contributed by atoms with van der Waals surface area (Å²) in [4.78, 5) is 4.60. The predicted molar refractivity (Wildman–Crippen MR) is 85.1 cm³/mol. The lowest BCUT2D eigenvalue weighted by atomic mass is 9.74. The van der Waals surface area contributed by atoms with E-state index in [9.17, 15) is 0 Å². The van der Waals surface area contributed by atoms with Crippen LogP contribution < -0.4 is 5.73 Å². The Labute approximate surface area is 125 Å². The zero-order chi connectivity index (χ0) is 13.9. The average Bonchev–Trinajstić information content (AvgIpc) is 2.88. The molecule has 0 aliphatic heterocycles. The van der Waals surface area contributed by atoms with Gasteiger partial charge in [-0.25, -0.2) is 4.98 Å². The first-order valence-electron chi connectivity index (χ1n) is 7.44. The summed E-state index contributed by atoms with van der Waals surface area (Å²) in [5.41, 5.74) is 8.96. The molecule has 2 N–H and O–H groups in total. The molecule has 0 radical (unpaired) electrons. The minimum atomic E-state index is 0.333. The smallest absolute Gasteiger partial charge is 0.0931 e. The van der Waals surface area contributed by atoms with E-state index in [0.717, 1.165) is 18.5 Å². The molecule has 0 amide bonds. The van der Waals surface area contributed by atoms with Crippen LogP contribution in [-0.4, -0.2) is 11.0 Å². The Hall–Kier alpha value is -1.19. The van der Waals surface area contributed by atoms with Crippen LogP contribution in [0.1, 0.15) is 41.4 Å². The van der Waals surface area contributed by atoms with E-state index in [0.29, 0.717) is 17.9 Å². The van der Waals surface area contributed by atoms with Gasteiger partial charge in [-0.3, -0.25) is 0 Å². The Balaban J connectivity index is 1.70. The van der Waals surface area contributed by atoms with Gasteiger partial charge in [0, 0.05) is 23.5 Å². The van der Waals surface area contributed by atoms with Gasteiger partial charge >= 0.3 is 0 Å². The van der Waals surface area contributed by atoms with Gasteiger partial charge in [-0.1, -0.05) is 30.3 Å². The van der Waals surface area contributed by atoms with E-state index in [1.54, 1.807) is 11.3 Å². The Bertz CT molecular complexity index is 549. The van der Waals surface area contributed by atoms with Crippen molar-refractivity contribution in [3.63, 3.8) is 0 Å². The van der Waals surface area contributed by atoms with Crippen molar-refractivity contribution in [3.05, 3.63) is 52.0 Å². The Morgan fingerprint density at radius 3 is 2.75 bits per heavy atom. The average molecular weight is 286 g/mol. The van der Waals surface area contributed by atoms with E-state index in [4.69, 9.17) is 5.73 Å². The molecule has 3 heteroatoms. The summed E-state index contributed by atoms with van der Waals surface area (Å²) in [6, 6.07) is 11.2. The first kappa shape index (κ1) is 13.8. The van der Waals surface area contributed by atoms with Gasteiger partial charge < -0.3 is 5.73 Å². The van der Waals surface area contributed by atoms with E-state index < -0.39 is 0 Å². The molecule has 3 unspecified atom stereocenters. The fourth-order valence-corrected chi connectivity index (χ4v) is 4.14. The zero-order valence-corrected chi connectivity index (χ0v) is 12.8. The minimum Gasteiger partial charge on any atom is -0.327 e. The van der Waals surface area contributed by atoms with Gasteiger partial charge in [0.15, 0.2) is 0 Å². The van der Waals surface area contributed by atoms with Crippen LogP contribution >= 0.6 is 11.3 Å². The molecule has 1 aromatic carbocycles. The molecule has 1 saturated carbocycles. The van der Waals surface area contributed by atoms with E-state index in [-0.39, 0.29) is 0 Å². The third kappa shape index (κ3) is 3.10. The van der Waals surface area contributed by atoms with Crippen LogP contribution in [0.15, 0.2) is 35.7 Å². The molecule has 1 fully saturated rings. The van der Waals surface area contributed by atoms with Gasteiger partial charge in [-0.15, -0.1) is 11.3 Å². The topological polar surface area (TPSA) is 38.9 Å². The van der Waals surface area contributed by atoms with Gasteiger partial charge in [0.1, 0.15) is 0 Å². The van der Waals surface area contributed by atoms with Gasteiger partial charge in [0.2, 0.25) is 0 Å². The summed E-state index contributed by atoms with van der Waals surface area (Å²) in [6.07, 6.45) is 4.60. The summed E-state index contributed by atoms with van der Waals surface area (Å²) in [5.74, 6) is 1.24. The second-order valence-electron chi connectivity index (χ2n) is 5.93. The van der Waals surface area contributed by atoms with Crippen LogP contribution in [0.3, 0.4) is 0 Å². The van der Waals surface area contributed by atoms with Crippen LogP contribution in [0.4, 0.5) is 0 Å². The molecule has 2 aromatic rings. The van der Waals surface area contributed by atoms with Crippen LogP contribution in [0.5, 0.6) is 0 Å². The summed E-state index contributed by atoms with van der Waals surface area (Å²) in [7, 11) is 0. The highest BCUT2D eigenvalue weighted by Gasteiger charge is 2.29. The molecule has 3 atom stereocenters. The van der Waals surface area contributed by atoms with Crippen molar-refractivity contribution in [3.8, 4) is 0 Å². The fourth-order valence-electron chi connectivity index (χ4n) is 3.27. The maximum atomic E-state index is 6.35. The highest BCUT2D eigenvalue weighted by molar-refractivity contribution is 7.09. The van der Waals surface area contributed by atoms with Crippen molar-refractivity contribution in [2.24, 2.45) is 11.7 Å². The minimum absolute atomic E-state index is 0.333. The maximum Gasteiger partial charge on any atom is 0.0931 e. The Kier molecular flexibility index (Phi) is 4.18. The van der Waals surface area contributed by atoms with Gasteiger partial charge in [0.05, 0.1) is 5.01 Å². The summed E-state index contributed by atoms with van der Waals surface area (Å²) in [6.45, 7) is 2.06. The summed E-state index contributed by atoms with van der Waals surface area (Å²) in [5, 5.41) is 3.38. The number of hydrogen-bond donors (Lipinski definition) is 1. The lowest BCUT2D eigenvalue weighted by molar-refractivity contribution is 0.277. The normalized spacial score (nSPS) is 26.6. The Morgan fingerprint density at radius 2 is 2.05 bits per heavy atom. The zero-order valence-electron chi connectivity index (χ0n) is 12.0. The van der Waals surface area contributed by atoms with Crippen molar-refractivity contribution in [2.75, 3.05) is 0 Å². The van der Waals surface area contributed by atoms with Crippen LogP contribution in [0.2, 0.25) is 0 Å². The van der Waals surface area contributed by atoms with E-state index >= 15 is 0 Å². The molecule has 0 bridgehead atoms. The monoisotopic (exact) mass is 286 g/mol. The lowest BCUT2D eigenvalue weighted by Crippen LogP contribution is -2.36. The molecule has 1 heterocycles. The number of benzene rings is 1. The third-order valence-electron chi connectivity index (χ3n) is 4.42. The van der Waals surface area contributed by atoms with E-state index in [1.807, 2.05) is 0 Å². The summed E-state index contributed by atoms with van der Waals surface area (Å²) < 4.78 is 0. The first-order chi connectivity index (χ1) is 9.72. The largest absolute Gasteiger partial charge is 0.327 e. The van der Waals surface area contributed by atoms with Crippen molar-refractivity contribution in [1.29, 1.82) is 0 Å². The maximum absolute atomic E-state index is 6.35. The van der Waals surface area contributed by atoms with Gasteiger partial charge in [-0.2, -0.15) is 0 Å². The van der Waals surface area contributed by atoms with Gasteiger partial charge in [0.25, 0.3) is 0 Å². The first-order valence-corrected chi connectivity index (χ1v) is 8.32. The van der Waals surface area contributed by atoms with Crippen LogP contribution in [0.25, 0.3) is 0 Å². The number of nitrogens with two attached hydrogens (primary N) is 1. The molecule has 20 heavy (non-hydrogen) atoms. The highest BCUT2D eigenvalue weighted by Crippen LogP contribution is 2.37. The van der Waals surface area contributed by atoms with Gasteiger partial charge in [-0.05, 0) is 43.6 Å². The molecular weight excluding hydrogens is 264 g/mol. The number of rotatable bonds is 3. The number of hydrogen-bond acceptors (Lipinski definition) is 3. The molecule has 2 nitrogen and oxygen atoms in total. The molecule has 1 aliphatic carbocycles. The fraction of sp³-hybridized carbons (Fsp3) is 0.471. The highest BCUT2D eigenvalue weighted by atomic mass is 32.1. The summed E-state index contributed by atoms with van der Waals surface area (Å²) >= 11 is 1.78. The van der Waals surface area contributed by atoms with Crippen LogP contribution in [0, 0.1) is 12.8 Å². The van der Waals surface area contributed by atoms with Crippen molar-refractivity contribution in [2.45, 2.75) is 44.6 Å². The van der Waals surface area contributed by atoms with Crippen molar-refractivity contribution >= 4 is 11.3 Å². The Morgan fingerprint density at radius 1 is 1.25 bits per heavy atom. The molecule has 0 saturated heterocycles. The molecular formula is C17H22N2S. The van der Waals surface area contributed by atoms with E-state index in [2.05, 4.69) is 47.6 Å². The van der Waals surface area contributed by atoms with E-state index in [1.165, 1.54) is 23.4 Å². The molecule has 1 aliphatic rings. The van der Waals surface area contributed by atoms with Crippen molar-refractivity contribution < 1.29 is 0 Å². The SMILES string of the molecule is Cc1csc(CC2CC(c3ccccc3)CCC2N)n1.